The summed E-state index contributed by atoms with van der Waals surface area (Å²) in [5.74, 6) is 0. The van der Waals surface area contributed by atoms with E-state index >= 15 is 0 Å². The number of likely N-dealkylation sites (tertiary alicyclic amines) is 1. The topological polar surface area (TPSA) is 29.3 Å². The lowest BCUT2D eigenvalue weighted by atomic mass is 9.63. The van der Waals surface area contributed by atoms with Gasteiger partial charge in [-0.2, -0.15) is 0 Å². The number of hydrogen-bond donors (Lipinski definition) is 1. The third-order valence-electron chi connectivity index (χ3n) is 3.32. The first-order valence-electron chi connectivity index (χ1n) is 4.75. The Kier molecular flexibility index (Phi) is 2.13. The summed E-state index contributed by atoms with van der Waals surface area (Å²) in [5, 5.41) is 6.29. The van der Waals surface area contributed by atoms with Gasteiger partial charge in [0, 0.05) is 24.4 Å². The van der Waals surface area contributed by atoms with Crippen molar-refractivity contribution in [3.05, 3.63) is 0 Å². The molecule has 0 radical (unpaired) electrons. The lowest BCUT2D eigenvalue weighted by Gasteiger charge is -2.60. The molecule has 0 aromatic carbocycles. The van der Waals surface area contributed by atoms with E-state index in [1.807, 2.05) is 0 Å². The lowest BCUT2D eigenvalue weighted by molar-refractivity contribution is -0.0719. The van der Waals surface area contributed by atoms with Gasteiger partial charge in [-0.05, 0) is 32.1 Å². The van der Waals surface area contributed by atoms with Crippen molar-refractivity contribution in [2.45, 2.75) is 38.0 Å². The van der Waals surface area contributed by atoms with Gasteiger partial charge < -0.3 is 0 Å². The number of rotatable bonds is 2. The van der Waals surface area contributed by atoms with E-state index in [1.165, 1.54) is 25.9 Å². The summed E-state index contributed by atoms with van der Waals surface area (Å²) >= 11 is 1.55. The van der Waals surface area contributed by atoms with Crippen LogP contribution in [0.15, 0.2) is 0 Å². The van der Waals surface area contributed by atoms with Crippen LogP contribution in [0.3, 0.4) is 0 Å². The molecular weight excluding hydrogens is 168 g/mol. The maximum absolute atomic E-state index is 5.53. The second kappa shape index (κ2) is 2.89. The van der Waals surface area contributed by atoms with Crippen LogP contribution < -0.4 is 5.14 Å². The molecule has 0 aromatic heterocycles. The monoisotopic (exact) mass is 186 g/mol. The molecule has 2 nitrogen and oxygen atoms in total. The van der Waals surface area contributed by atoms with Crippen LogP contribution in [0.4, 0.5) is 0 Å². The second-order valence-electron chi connectivity index (χ2n) is 4.67. The third kappa shape index (κ3) is 1.28. The van der Waals surface area contributed by atoms with Gasteiger partial charge in [0.25, 0.3) is 0 Å². The van der Waals surface area contributed by atoms with Gasteiger partial charge in [0.1, 0.15) is 0 Å². The average Bonchev–Trinajstić information content (AvgIpc) is 1.81. The van der Waals surface area contributed by atoms with Crippen LogP contribution >= 0.6 is 11.9 Å². The Hall–Kier alpha value is 0.270. The average molecular weight is 186 g/mol. The Balaban J connectivity index is 1.75. The fourth-order valence-electron chi connectivity index (χ4n) is 2.44. The first-order valence-corrected chi connectivity index (χ1v) is 5.69. The number of nitrogens with zero attached hydrogens (tertiary/aromatic N) is 1. The maximum Gasteiger partial charge on any atom is 0.0203 e. The zero-order valence-electron chi connectivity index (χ0n) is 7.92. The fraction of sp³-hybridized carbons (Fsp3) is 1.00. The van der Waals surface area contributed by atoms with Crippen molar-refractivity contribution in [2.75, 3.05) is 13.1 Å². The van der Waals surface area contributed by atoms with Crippen molar-refractivity contribution in [2.24, 2.45) is 10.6 Å². The highest BCUT2D eigenvalue weighted by molar-refractivity contribution is 7.97. The molecule has 1 heterocycles. The van der Waals surface area contributed by atoms with Crippen LogP contribution in [0.5, 0.6) is 0 Å². The van der Waals surface area contributed by atoms with Crippen molar-refractivity contribution in [1.29, 1.82) is 0 Å². The van der Waals surface area contributed by atoms with Crippen molar-refractivity contribution in [3.63, 3.8) is 0 Å². The molecule has 1 aliphatic carbocycles. The molecule has 1 spiro atoms. The Bertz CT molecular complexity index is 167. The number of hydrogen-bond acceptors (Lipinski definition) is 3. The van der Waals surface area contributed by atoms with Gasteiger partial charge in [-0.1, -0.05) is 11.9 Å². The molecule has 0 aromatic rings. The minimum Gasteiger partial charge on any atom is -0.300 e. The predicted molar refractivity (Wildman–Crippen MR) is 53.9 cm³/mol. The van der Waals surface area contributed by atoms with E-state index in [9.17, 15) is 0 Å². The standard InChI is InChI=1S/C9H18N2S/c1-7(2)11-5-9(6-11)3-8(4-9)12-10/h7-8H,3-6,10H2,1-2H3. The zero-order valence-corrected chi connectivity index (χ0v) is 8.73. The minimum atomic E-state index is 0.696. The van der Waals surface area contributed by atoms with E-state index in [0.717, 1.165) is 11.3 Å². The molecule has 2 aliphatic rings. The summed E-state index contributed by atoms with van der Waals surface area (Å²) in [6, 6.07) is 0.736. The predicted octanol–water partition coefficient (Wildman–Crippen LogP) is 1.47. The molecule has 3 heteroatoms. The lowest BCUT2D eigenvalue weighted by Crippen LogP contribution is -2.64. The normalized spacial score (nSPS) is 29.0. The first-order chi connectivity index (χ1) is 5.65. The Morgan fingerprint density at radius 3 is 2.42 bits per heavy atom. The molecule has 1 saturated carbocycles. The molecule has 2 N–H and O–H groups in total. The maximum atomic E-state index is 5.53. The van der Waals surface area contributed by atoms with E-state index in [1.54, 1.807) is 11.9 Å². The zero-order chi connectivity index (χ0) is 8.77. The summed E-state index contributed by atoms with van der Waals surface area (Å²) in [7, 11) is 0. The van der Waals surface area contributed by atoms with E-state index in [0.29, 0.717) is 5.41 Å². The molecule has 12 heavy (non-hydrogen) atoms. The molecule has 1 saturated heterocycles. The molecule has 0 bridgehead atoms. The van der Waals surface area contributed by atoms with Gasteiger partial charge in [0.15, 0.2) is 0 Å². The minimum absolute atomic E-state index is 0.696. The molecular formula is C9H18N2S. The second-order valence-corrected chi connectivity index (χ2v) is 5.60. The quantitative estimate of drug-likeness (QED) is 0.662. The van der Waals surface area contributed by atoms with Crippen LogP contribution in [0.25, 0.3) is 0 Å². The summed E-state index contributed by atoms with van der Waals surface area (Å²) in [6.07, 6.45) is 2.72. The van der Waals surface area contributed by atoms with Gasteiger partial charge in [-0.15, -0.1) is 0 Å². The van der Waals surface area contributed by atoms with Crippen LogP contribution in [0.2, 0.25) is 0 Å². The summed E-state index contributed by atoms with van der Waals surface area (Å²) in [5.41, 5.74) is 0.696. The molecule has 0 amide bonds. The van der Waals surface area contributed by atoms with Gasteiger partial charge in [-0.3, -0.25) is 10.0 Å². The molecule has 70 valence electrons. The highest BCUT2D eigenvalue weighted by Crippen LogP contribution is 2.52. The van der Waals surface area contributed by atoms with E-state index in [-0.39, 0.29) is 0 Å². The summed E-state index contributed by atoms with van der Waals surface area (Å²) < 4.78 is 0. The molecule has 1 aliphatic heterocycles. The van der Waals surface area contributed by atoms with Crippen LogP contribution in [-0.2, 0) is 0 Å². The third-order valence-corrected chi connectivity index (χ3v) is 4.04. The highest BCUT2D eigenvalue weighted by atomic mass is 32.2. The van der Waals surface area contributed by atoms with Crippen molar-refractivity contribution < 1.29 is 0 Å². The van der Waals surface area contributed by atoms with E-state index in [2.05, 4.69) is 18.7 Å². The Labute approximate surface area is 79.0 Å². The summed E-state index contributed by atoms with van der Waals surface area (Å²) in [4.78, 5) is 2.55. The largest absolute Gasteiger partial charge is 0.300 e. The van der Waals surface area contributed by atoms with Gasteiger partial charge in [0.05, 0.1) is 0 Å². The summed E-state index contributed by atoms with van der Waals surface area (Å²) in [6.45, 7) is 7.20. The van der Waals surface area contributed by atoms with E-state index < -0.39 is 0 Å². The molecule has 0 atom stereocenters. The first kappa shape index (κ1) is 8.85. The van der Waals surface area contributed by atoms with Crippen molar-refractivity contribution in [1.82, 2.24) is 4.90 Å². The SMILES string of the molecule is CC(C)N1CC2(CC(SN)C2)C1. The van der Waals surface area contributed by atoms with E-state index in [4.69, 9.17) is 5.14 Å². The molecule has 2 fully saturated rings. The van der Waals surface area contributed by atoms with Gasteiger partial charge in [0.2, 0.25) is 0 Å². The van der Waals surface area contributed by atoms with Crippen molar-refractivity contribution >= 4 is 11.9 Å². The molecule has 2 rings (SSSR count). The Morgan fingerprint density at radius 1 is 1.42 bits per heavy atom. The number of nitrogens with two attached hydrogens (primary N) is 1. The smallest absolute Gasteiger partial charge is 0.0203 e. The van der Waals surface area contributed by atoms with Crippen molar-refractivity contribution in [3.8, 4) is 0 Å². The fourth-order valence-corrected chi connectivity index (χ4v) is 3.34. The van der Waals surface area contributed by atoms with Crippen LogP contribution in [0, 0.1) is 5.41 Å². The van der Waals surface area contributed by atoms with Gasteiger partial charge >= 0.3 is 0 Å². The van der Waals surface area contributed by atoms with Crippen LogP contribution in [0.1, 0.15) is 26.7 Å². The highest BCUT2D eigenvalue weighted by Gasteiger charge is 2.52. The van der Waals surface area contributed by atoms with Gasteiger partial charge in [-0.25, -0.2) is 0 Å². The molecule has 0 unspecified atom stereocenters. The van der Waals surface area contributed by atoms with Crippen LogP contribution in [-0.4, -0.2) is 29.3 Å². The Morgan fingerprint density at radius 2 is 2.00 bits per heavy atom.